The van der Waals surface area contributed by atoms with Crippen LogP contribution in [-0.4, -0.2) is 32.0 Å². The molecule has 0 saturated carbocycles. The molecule has 7 heteroatoms. The van der Waals surface area contributed by atoms with E-state index in [4.69, 9.17) is 9.84 Å². The fraction of sp³-hybridized carbons (Fsp3) is 0.381. The number of hydrogen-bond acceptors (Lipinski definition) is 4. The Labute approximate surface area is 162 Å². The van der Waals surface area contributed by atoms with Crippen molar-refractivity contribution in [2.45, 2.75) is 40.3 Å². The number of rotatable bonds is 3. The van der Waals surface area contributed by atoms with Crippen molar-refractivity contribution in [3.63, 3.8) is 0 Å². The van der Waals surface area contributed by atoms with Gasteiger partial charge >= 0.3 is 5.97 Å². The molecule has 1 aliphatic heterocycles. The molecule has 0 spiro atoms. The summed E-state index contributed by atoms with van der Waals surface area (Å²) in [7, 11) is 0. The number of aromatic nitrogens is 3. The van der Waals surface area contributed by atoms with E-state index in [1.54, 1.807) is 0 Å². The molecule has 4 rings (SSSR count). The van der Waals surface area contributed by atoms with Gasteiger partial charge in [-0.15, -0.1) is 0 Å². The number of fused-ring (bicyclic) bond motifs is 5. The average molecular weight is 381 g/mol. The average Bonchev–Trinajstić information content (AvgIpc) is 2.99. The second-order valence-electron chi connectivity index (χ2n) is 8.15. The van der Waals surface area contributed by atoms with E-state index in [1.165, 1.54) is 12.3 Å². The molecule has 0 radical (unpaired) electrons. The minimum Gasteiger partial charge on any atom is -0.492 e. The molecule has 3 heterocycles. The van der Waals surface area contributed by atoms with E-state index in [-0.39, 0.29) is 17.0 Å². The van der Waals surface area contributed by atoms with E-state index in [9.17, 15) is 14.7 Å². The molecular formula is C21H23N3O4. The zero-order valence-corrected chi connectivity index (χ0v) is 16.4. The van der Waals surface area contributed by atoms with Crippen molar-refractivity contribution >= 4 is 16.9 Å². The molecule has 0 amide bonds. The van der Waals surface area contributed by atoms with E-state index in [0.29, 0.717) is 24.6 Å². The van der Waals surface area contributed by atoms with Crippen LogP contribution in [0.5, 0.6) is 5.75 Å². The number of carbonyl (C=O) groups is 1. The van der Waals surface area contributed by atoms with E-state index < -0.39 is 11.4 Å². The molecule has 0 fully saturated rings. The van der Waals surface area contributed by atoms with Crippen LogP contribution in [0.2, 0.25) is 0 Å². The fourth-order valence-corrected chi connectivity index (χ4v) is 3.90. The number of pyridine rings is 1. The zero-order chi connectivity index (χ0) is 20.2. The number of ether oxygens (including phenoxy) is 1. The smallest absolute Gasteiger partial charge is 0.341 e. The Balaban J connectivity index is 2.06. The summed E-state index contributed by atoms with van der Waals surface area (Å²) in [6.07, 6.45) is 1.48. The first-order valence-corrected chi connectivity index (χ1v) is 9.34. The first-order valence-electron chi connectivity index (χ1n) is 9.34. The molecule has 0 bridgehead atoms. The maximum absolute atomic E-state index is 12.5. The predicted molar refractivity (Wildman–Crippen MR) is 106 cm³/mol. The molecule has 1 unspecified atom stereocenters. The Bertz CT molecular complexity index is 1150. The van der Waals surface area contributed by atoms with Crippen LogP contribution in [0, 0.1) is 5.41 Å². The second kappa shape index (κ2) is 6.22. The summed E-state index contributed by atoms with van der Waals surface area (Å²) in [5, 5.41) is 15.1. The van der Waals surface area contributed by atoms with Crippen LogP contribution in [0.1, 0.15) is 44.1 Å². The highest BCUT2D eigenvalue weighted by Gasteiger charge is 2.35. The summed E-state index contributed by atoms with van der Waals surface area (Å²) in [4.78, 5) is 24.0. The third kappa shape index (κ3) is 2.69. The van der Waals surface area contributed by atoms with Crippen molar-refractivity contribution in [3.8, 4) is 17.1 Å². The van der Waals surface area contributed by atoms with E-state index in [0.717, 1.165) is 16.6 Å². The van der Waals surface area contributed by atoms with Gasteiger partial charge in [-0.2, -0.15) is 5.10 Å². The normalized spacial score (nSPS) is 15.9. The molecule has 0 saturated heterocycles. The molecule has 146 valence electrons. The van der Waals surface area contributed by atoms with Crippen LogP contribution in [0.3, 0.4) is 0 Å². The maximum Gasteiger partial charge on any atom is 0.341 e. The van der Waals surface area contributed by atoms with Gasteiger partial charge in [0, 0.05) is 17.6 Å². The molecule has 1 atom stereocenters. The molecule has 28 heavy (non-hydrogen) atoms. The van der Waals surface area contributed by atoms with Crippen molar-refractivity contribution < 1.29 is 14.6 Å². The Morgan fingerprint density at radius 2 is 2.11 bits per heavy atom. The Morgan fingerprint density at radius 3 is 2.75 bits per heavy atom. The Hall–Kier alpha value is -3.09. The van der Waals surface area contributed by atoms with Crippen LogP contribution in [0.4, 0.5) is 0 Å². The Morgan fingerprint density at radius 1 is 1.36 bits per heavy atom. The van der Waals surface area contributed by atoms with E-state index in [2.05, 4.69) is 20.8 Å². The molecule has 1 aromatic carbocycles. The van der Waals surface area contributed by atoms with Gasteiger partial charge in [0.15, 0.2) is 5.43 Å². The summed E-state index contributed by atoms with van der Waals surface area (Å²) < 4.78 is 9.57. The quantitative estimate of drug-likeness (QED) is 0.750. The molecule has 1 aliphatic rings. The van der Waals surface area contributed by atoms with Crippen LogP contribution >= 0.6 is 0 Å². The number of carboxylic acid groups (broad SMARTS) is 1. The van der Waals surface area contributed by atoms with Gasteiger partial charge < -0.3 is 14.4 Å². The highest BCUT2D eigenvalue weighted by atomic mass is 16.5. The largest absolute Gasteiger partial charge is 0.492 e. The lowest BCUT2D eigenvalue weighted by Crippen LogP contribution is -2.35. The lowest BCUT2D eigenvalue weighted by atomic mass is 9.85. The zero-order valence-electron chi connectivity index (χ0n) is 16.4. The molecule has 1 N–H and O–H groups in total. The van der Waals surface area contributed by atoms with Gasteiger partial charge in [0.2, 0.25) is 0 Å². The third-order valence-corrected chi connectivity index (χ3v) is 5.27. The summed E-state index contributed by atoms with van der Waals surface area (Å²) in [5.41, 5.74) is 1.34. The first-order chi connectivity index (χ1) is 13.2. The lowest BCUT2D eigenvalue weighted by molar-refractivity contribution is 0.0693. The van der Waals surface area contributed by atoms with Crippen LogP contribution in [0.25, 0.3) is 22.3 Å². The van der Waals surface area contributed by atoms with Gasteiger partial charge in [-0.1, -0.05) is 32.9 Å². The third-order valence-electron chi connectivity index (χ3n) is 5.27. The molecule has 2 aromatic heterocycles. The SMILES string of the molecule is CCOc1cccc2c3n(nc12)CC(C(C)(C)C)n1cc(C(=O)O)c(=O)cc1-3. The predicted octanol–water partition coefficient (Wildman–Crippen LogP) is 3.56. The maximum atomic E-state index is 12.5. The van der Waals surface area contributed by atoms with Gasteiger partial charge in [-0.3, -0.25) is 9.48 Å². The molecule has 7 nitrogen and oxygen atoms in total. The highest BCUT2D eigenvalue weighted by molar-refractivity contribution is 5.96. The van der Waals surface area contributed by atoms with Gasteiger partial charge in [0.1, 0.15) is 16.8 Å². The van der Waals surface area contributed by atoms with Gasteiger partial charge in [-0.25, -0.2) is 4.79 Å². The molecule has 3 aromatic rings. The summed E-state index contributed by atoms with van der Waals surface area (Å²) >= 11 is 0. The van der Waals surface area contributed by atoms with E-state index >= 15 is 0 Å². The lowest BCUT2D eigenvalue weighted by Gasteiger charge is -2.38. The fourth-order valence-electron chi connectivity index (χ4n) is 3.90. The summed E-state index contributed by atoms with van der Waals surface area (Å²) in [6, 6.07) is 7.10. The van der Waals surface area contributed by atoms with Crippen molar-refractivity contribution in [2.75, 3.05) is 6.61 Å². The van der Waals surface area contributed by atoms with Gasteiger partial charge in [-0.05, 0) is 18.4 Å². The van der Waals surface area contributed by atoms with Gasteiger partial charge in [0.25, 0.3) is 0 Å². The standard InChI is InChI=1S/C21H23N3O4/c1-5-28-16-8-6-7-12-18(16)22-24-11-17(21(2,3)4)23-10-13(20(26)27)15(25)9-14(23)19(12)24/h6-10,17H,5,11H2,1-4H3,(H,26,27). The number of carboxylic acids is 1. The minimum atomic E-state index is -1.21. The van der Waals surface area contributed by atoms with Crippen LogP contribution < -0.4 is 10.2 Å². The number of hydrogen-bond donors (Lipinski definition) is 1. The van der Waals surface area contributed by atoms with Crippen molar-refractivity contribution in [1.29, 1.82) is 0 Å². The monoisotopic (exact) mass is 381 g/mol. The van der Waals surface area contributed by atoms with Crippen molar-refractivity contribution in [2.24, 2.45) is 5.41 Å². The second-order valence-corrected chi connectivity index (χ2v) is 8.15. The van der Waals surface area contributed by atoms with Crippen molar-refractivity contribution in [1.82, 2.24) is 14.3 Å². The van der Waals surface area contributed by atoms with Crippen molar-refractivity contribution in [3.05, 3.63) is 46.2 Å². The number of nitrogens with zero attached hydrogens (tertiary/aromatic N) is 3. The van der Waals surface area contributed by atoms with Gasteiger partial charge in [0.05, 0.1) is 30.6 Å². The first kappa shape index (κ1) is 18.3. The number of aromatic carboxylic acids is 1. The summed E-state index contributed by atoms with van der Waals surface area (Å²) in [5.74, 6) is -0.513. The molecular weight excluding hydrogens is 358 g/mol. The van der Waals surface area contributed by atoms with Crippen LogP contribution in [-0.2, 0) is 6.54 Å². The van der Waals surface area contributed by atoms with E-state index in [1.807, 2.05) is 34.4 Å². The van der Waals surface area contributed by atoms with Crippen LogP contribution in [0.15, 0.2) is 35.3 Å². The summed E-state index contributed by atoms with van der Waals surface area (Å²) in [6.45, 7) is 9.32. The minimum absolute atomic E-state index is 0.0569. The topological polar surface area (TPSA) is 86.3 Å². The Kier molecular flexibility index (Phi) is 4.06. The molecule has 0 aliphatic carbocycles. The number of benzene rings is 1. The highest BCUT2D eigenvalue weighted by Crippen LogP contribution is 2.42.